The maximum absolute atomic E-state index is 14.7. The Kier molecular flexibility index (Phi) is 6.15. The summed E-state index contributed by atoms with van der Waals surface area (Å²) in [4.78, 5) is 33.3. The van der Waals surface area contributed by atoms with E-state index in [1.807, 2.05) is 11.8 Å². The summed E-state index contributed by atoms with van der Waals surface area (Å²) in [6.07, 6.45) is 1.57. The maximum atomic E-state index is 14.7. The number of hydrogen-bond donors (Lipinski definition) is 1. The third kappa shape index (κ3) is 4.75. The van der Waals surface area contributed by atoms with E-state index in [1.165, 1.54) is 28.4 Å². The molecule has 0 saturated carbocycles. The zero-order valence-corrected chi connectivity index (χ0v) is 18.6. The van der Waals surface area contributed by atoms with Gasteiger partial charge in [-0.2, -0.15) is 15.0 Å². The SMILES string of the molecule is CC1CN(c2nc(Oc3ccc(C(=O)N(C)C)cc3F)nc(-c3cnc(N)s3)n2)CCO1. The molecule has 0 radical (unpaired) electrons. The predicted octanol–water partition coefficient (Wildman–Crippen LogP) is 2.44. The van der Waals surface area contributed by atoms with Gasteiger partial charge in [0, 0.05) is 32.7 Å². The molecular weight excluding hydrogens is 437 g/mol. The van der Waals surface area contributed by atoms with Gasteiger partial charge in [-0.25, -0.2) is 9.37 Å². The number of carbonyl (C=O) groups is 1. The number of halogens is 1. The Morgan fingerprint density at radius 3 is 2.81 bits per heavy atom. The highest BCUT2D eigenvalue weighted by Gasteiger charge is 2.23. The number of rotatable bonds is 5. The van der Waals surface area contributed by atoms with Crippen LogP contribution < -0.4 is 15.4 Å². The molecule has 1 atom stereocenters. The van der Waals surface area contributed by atoms with Gasteiger partial charge in [0.05, 0.1) is 23.8 Å². The van der Waals surface area contributed by atoms with E-state index in [9.17, 15) is 9.18 Å². The molecule has 4 rings (SSSR count). The fourth-order valence-electron chi connectivity index (χ4n) is 3.11. The lowest BCUT2D eigenvalue weighted by molar-refractivity contribution is 0.0526. The molecule has 0 bridgehead atoms. The van der Waals surface area contributed by atoms with Crippen molar-refractivity contribution in [3.05, 3.63) is 35.8 Å². The molecule has 1 aliphatic heterocycles. The number of aromatic nitrogens is 4. The van der Waals surface area contributed by atoms with Gasteiger partial charge < -0.3 is 25.0 Å². The molecule has 1 unspecified atom stereocenters. The minimum absolute atomic E-state index is 0.00612. The number of thiazole rings is 1. The van der Waals surface area contributed by atoms with Gasteiger partial charge in [0.1, 0.15) is 0 Å². The molecule has 168 valence electrons. The summed E-state index contributed by atoms with van der Waals surface area (Å²) in [5.41, 5.74) is 5.96. The molecule has 3 heterocycles. The van der Waals surface area contributed by atoms with Crippen molar-refractivity contribution in [3.8, 4) is 22.5 Å². The van der Waals surface area contributed by atoms with Crippen molar-refractivity contribution in [1.29, 1.82) is 0 Å². The first-order valence-corrected chi connectivity index (χ1v) is 10.6. The van der Waals surface area contributed by atoms with E-state index < -0.39 is 5.82 Å². The Hall–Kier alpha value is -3.38. The highest BCUT2D eigenvalue weighted by molar-refractivity contribution is 7.18. The maximum Gasteiger partial charge on any atom is 0.327 e. The van der Waals surface area contributed by atoms with Gasteiger partial charge >= 0.3 is 6.01 Å². The lowest BCUT2D eigenvalue weighted by Gasteiger charge is -2.31. The average molecular weight is 460 g/mol. The fourth-order valence-corrected chi connectivity index (χ4v) is 3.73. The van der Waals surface area contributed by atoms with Crippen LogP contribution in [0.4, 0.5) is 15.5 Å². The summed E-state index contributed by atoms with van der Waals surface area (Å²) in [5, 5.41) is 0.372. The zero-order chi connectivity index (χ0) is 22.8. The van der Waals surface area contributed by atoms with Crippen molar-refractivity contribution in [2.75, 3.05) is 44.4 Å². The number of amides is 1. The van der Waals surface area contributed by atoms with E-state index in [4.69, 9.17) is 15.2 Å². The van der Waals surface area contributed by atoms with Crippen LogP contribution in [-0.4, -0.2) is 70.6 Å². The number of nitrogens with zero attached hydrogens (tertiary/aromatic N) is 6. The van der Waals surface area contributed by atoms with Gasteiger partial charge in [-0.05, 0) is 25.1 Å². The highest BCUT2D eigenvalue weighted by atomic mass is 32.1. The molecule has 12 heteroatoms. The second-order valence-electron chi connectivity index (χ2n) is 7.38. The molecule has 1 fully saturated rings. The third-order valence-corrected chi connectivity index (χ3v) is 5.48. The van der Waals surface area contributed by atoms with Gasteiger partial charge in [-0.15, -0.1) is 0 Å². The van der Waals surface area contributed by atoms with Gasteiger partial charge in [-0.1, -0.05) is 11.3 Å². The van der Waals surface area contributed by atoms with Crippen molar-refractivity contribution in [3.63, 3.8) is 0 Å². The van der Waals surface area contributed by atoms with E-state index in [0.717, 1.165) is 6.07 Å². The fraction of sp³-hybridized carbons (Fsp3) is 0.350. The molecular formula is C20H22FN7O3S. The minimum atomic E-state index is -0.705. The van der Waals surface area contributed by atoms with Crippen LogP contribution in [0.3, 0.4) is 0 Å². The molecule has 10 nitrogen and oxygen atoms in total. The third-order valence-electron chi connectivity index (χ3n) is 4.66. The molecule has 2 N–H and O–H groups in total. The highest BCUT2D eigenvalue weighted by Crippen LogP contribution is 2.30. The smallest absolute Gasteiger partial charge is 0.327 e. The normalized spacial score (nSPS) is 16.1. The molecule has 1 saturated heterocycles. The lowest BCUT2D eigenvalue weighted by atomic mass is 10.2. The van der Waals surface area contributed by atoms with E-state index >= 15 is 0 Å². The van der Waals surface area contributed by atoms with Crippen LogP contribution in [0.2, 0.25) is 0 Å². The average Bonchev–Trinajstić information content (AvgIpc) is 3.21. The zero-order valence-electron chi connectivity index (χ0n) is 17.8. The van der Waals surface area contributed by atoms with Crippen LogP contribution >= 0.6 is 11.3 Å². The number of ether oxygens (including phenoxy) is 2. The van der Waals surface area contributed by atoms with Gasteiger partial charge in [0.25, 0.3) is 5.91 Å². The number of hydrogen-bond acceptors (Lipinski definition) is 10. The Bertz CT molecular complexity index is 1140. The van der Waals surface area contributed by atoms with Crippen molar-refractivity contribution in [2.45, 2.75) is 13.0 Å². The van der Waals surface area contributed by atoms with Crippen LogP contribution in [0.1, 0.15) is 17.3 Å². The van der Waals surface area contributed by atoms with Crippen LogP contribution in [0.25, 0.3) is 10.7 Å². The number of benzene rings is 1. The summed E-state index contributed by atoms with van der Waals surface area (Å²) in [6.45, 7) is 3.67. The topological polar surface area (TPSA) is 120 Å². The first kappa shape index (κ1) is 21.8. The number of carbonyl (C=O) groups excluding carboxylic acids is 1. The van der Waals surface area contributed by atoms with E-state index in [1.54, 1.807) is 20.3 Å². The summed E-state index contributed by atoms with van der Waals surface area (Å²) in [5.74, 6) is -0.430. The van der Waals surface area contributed by atoms with E-state index in [-0.39, 0.29) is 29.3 Å². The Labute approximate surface area is 187 Å². The number of nitrogens with two attached hydrogens (primary N) is 1. The second-order valence-corrected chi connectivity index (χ2v) is 8.44. The van der Waals surface area contributed by atoms with Gasteiger partial charge in [0.15, 0.2) is 22.5 Å². The molecule has 0 aliphatic carbocycles. The second kappa shape index (κ2) is 9.01. The Morgan fingerprint density at radius 1 is 1.34 bits per heavy atom. The number of morpholine rings is 1. The molecule has 0 spiro atoms. The van der Waals surface area contributed by atoms with Crippen molar-refractivity contribution in [2.24, 2.45) is 0 Å². The summed E-state index contributed by atoms with van der Waals surface area (Å²) in [7, 11) is 3.19. The monoisotopic (exact) mass is 459 g/mol. The van der Waals surface area contributed by atoms with Crippen LogP contribution in [0, 0.1) is 5.82 Å². The molecule has 1 aromatic carbocycles. The summed E-state index contributed by atoms with van der Waals surface area (Å²) >= 11 is 1.22. The first-order valence-electron chi connectivity index (χ1n) is 9.83. The van der Waals surface area contributed by atoms with Gasteiger partial charge in [-0.3, -0.25) is 4.79 Å². The molecule has 1 amide bonds. The Balaban J connectivity index is 1.68. The first-order chi connectivity index (χ1) is 15.3. The predicted molar refractivity (Wildman–Crippen MR) is 117 cm³/mol. The lowest BCUT2D eigenvalue weighted by Crippen LogP contribution is -2.42. The molecule has 32 heavy (non-hydrogen) atoms. The van der Waals surface area contributed by atoms with Crippen LogP contribution in [0.15, 0.2) is 24.4 Å². The Morgan fingerprint density at radius 2 is 2.16 bits per heavy atom. The van der Waals surface area contributed by atoms with E-state index in [2.05, 4.69) is 19.9 Å². The van der Waals surface area contributed by atoms with Crippen LogP contribution in [-0.2, 0) is 4.74 Å². The van der Waals surface area contributed by atoms with E-state index in [0.29, 0.717) is 41.5 Å². The van der Waals surface area contributed by atoms with Gasteiger partial charge in [0.2, 0.25) is 5.95 Å². The largest absolute Gasteiger partial charge is 0.421 e. The summed E-state index contributed by atoms with van der Waals surface area (Å²) < 4.78 is 25.9. The molecule has 3 aromatic rings. The number of nitrogen functional groups attached to an aromatic ring is 1. The van der Waals surface area contributed by atoms with Crippen LogP contribution in [0.5, 0.6) is 11.8 Å². The molecule has 1 aliphatic rings. The number of anilines is 2. The quantitative estimate of drug-likeness (QED) is 0.613. The standard InChI is InChI=1S/C20H22FN7O3S/c1-11-10-28(6-7-30-11)19-24-16(15-9-23-18(22)32-15)25-20(26-19)31-14-5-4-12(8-13(14)21)17(29)27(2)3/h4-5,8-9,11H,6-7,10H2,1-3H3,(H2,22,23). The van der Waals surface area contributed by atoms with Crippen molar-refractivity contribution >= 4 is 28.3 Å². The van der Waals surface area contributed by atoms with Crippen molar-refractivity contribution in [1.82, 2.24) is 24.8 Å². The van der Waals surface area contributed by atoms with Crippen molar-refractivity contribution < 1.29 is 18.7 Å². The minimum Gasteiger partial charge on any atom is -0.421 e. The summed E-state index contributed by atoms with van der Waals surface area (Å²) in [6, 6.07) is 3.89. The molecule has 2 aromatic heterocycles.